The van der Waals surface area contributed by atoms with Crippen molar-refractivity contribution in [3.8, 4) is 0 Å². The molecule has 102 valence electrons. The van der Waals surface area contributed by atoms with Gasteiger partial charge in [-0.3, -0.25) is 4.68 Å². The molecule has 0 radical (unpaired) electrons. The molecule has 1 unspecified atom stereocenters. The van der Waals surface area contributed by atoms with Crippen LogP contribution in [-0.2, 0) is 17.5 Å². The summed E-state index contributed by atoms with van der Waals surface area (Å²) in [5.41, 5.74) is -0.846. The molecular formula is C11H16F3N3O. The predicted octanol–water partition coefficient (Wildman–Crippen LogP) is 1.67. The van der Waals surface area contributed by atoms with E-state index in [1.54, 1.807) is 0 Å². The SMILES string of the molecule is FC(F)(F)c1ccn(CCNCC2CCCO2)n1. The molecule has 1 atom stereocenters. The first-order chi connectivity index (χ1) is 8.55. The lowest BCUT2D eigenvalue weighted by Gasteiger charge is -2.10. The van der Waals surface area contributed by atoms with Crippen molar-refractivity contribution in [3.63, 3.8) is 0 Å². The van der Waals surface area contributed by atoms with Crippen LogP contribution in [0.2, 0.25) is 0 Å². The van der Waals surface area contributed by atoms with Crippen LogP contribution in [0.15, 0.2) is 12.3 Å². The molecule has 1 N–H and O–H groups in total. The lowest BCUT2D eigenvalue weighted by Crippen LogP contribution is -2.29. The lowest BCUT2D eigenvalue weighted by molar-refractivity contribution is -0.141. The Balaban J connectivity index is 1.68. The molecule has 0 aromatic carbocycles. The fourth-order valence-electron chi connectivity index (χ4n) is 1.90. The van der Waals surface area contributed by atoms with Gasteiger partial charge in [0.05, 0.1) is 12.6 Å². The molecule has 1 aromatic rings. The van der Waals surface area contributed by atoms with Crippen molar-refractivity contribution in [3.05, 3.63) is 18.0 Å². The molecule has 0 aliphatic carbocycles. The quantitative estimate of drug-likeness (QED) is 0.821. The number of ether oxygens (including phenoxy) is 1. The van der Waals surface area contributed by atoms with E-state index in [1.807, 2.05) is 0 Å². The molecule has 0 bridgehead atoms. The van der Waals surface area contributed by atoms with Crippen LogP contribution in [-0.4, -0.2) is 35.6 Å². The van der Waals surface area contributed by atoms with E-state index in [0.29, 0.717) is 13.1 Å². The maximum atomic E-state index is 12.3. The highest BCUT2D eigenvalue weighted by atomic mass is 19.4. The van der Waals surface area contributed by atoms with Crippen LogP contribution in [0.4, 0.5) is 13.2 Å². The van der Waals surface area contributed by atoms with Crippen LogP contribution in [0.5, 0.6) is 0 Å². The second-order valence-electron chi connectivity index (χ2n) is 4.30. The van der Waals surface area contributed by atoms with Crippen molar-refractivity contribution < 1.29 is 17.9 Å². The van der Waals surface area contributed by atoms with Crippen molar-refractivity contribution in [1.29, 1.82) is 0 Å². The van der Waals surface area contributed by atoms with Gasteiger partial charge in [0.1, 0.15) is 0 Å². The summed E-state index contributed by atoms with van der Waals surface area (Å²) in [6.45, 7) is 2.55. The molecule has 1 aliphatic rings. The average molecular weight is 263 g/mol. The highest BCUT2D eigenvalue weighted by molar-refractivity contribution is 5.03. The van der Waals surface area contributed by atoms with Gasteiger partial charge in [0, 0.05) is 25.9 Å². The Hall–Kier alpha value is -1.08. The summed E-state index contributed by atoms with van der Waals surface area (Å²) in [7, 11) is 0. The Kier molecular flexibility index (Phi) is 4.23. The molecule has 0 amide bonds. The van der Waals surface area contributed by atoms with E-state index in [9.17, 15) is 13.2 Å². The van der Waals surface area contributed by atoms with E-state index in [2.05, 4.69) is 10.4 Å². The summed E-state index contributed by atoms with van der Waals surface area (Å²) in [5, 5.41) is 6.63. The van der Waals surface area contributed by atoms with E-state index in [-0.39, 0.29) is 6.10 Å². The number of aromatic nitrogens is 2. The Morgan fingerprint density at radius 2 is 2.33 bits per heavy atom. The van der Waals surface area contributed by atoms with Crippen molar-refractivity contribution in [2.45, 2.75) is 31.7 Å². The van der Waals surface area contributed by atoms with E-state index in [1.165, 1.54) is 10.9 Å². The Morgan fingerprint density at radius 1 is 1.50 bits per heavy atom. The van der Waals surface area contributed by atoms with Crippen LogP contribution >= 0.6 is 0 Å². The zero-order valence-corrected chi connectivity index (χ0v) is 9.91. The Labute approximate surface area is 103 Å². The summed E-state index contributed by atoms with van der Waals surface area (Å²) in [5.74, 6) is 0. The number of rotatable bonds is 5. The van der Waals surface area contributed by atoms with Gasteiger partial charge in [-0.05, 0) is 18.9 Å². The minimum absolute atomic E-state index is 0.244. The van der Waals surface area contributed by atoms with Crippen LogP contribution < -0.4 is 5.32 Å². The summed E-state index contributed by atoms with van der Waals surface area (Å²) in [6.07, 6.45) is -0.645. The maximum Gasteiger partial charge on any atom is 0.435 e. The summed E-state index contributed by atoms with van der Waals surface area (Å²) >= 11 is 0. The van der Waals surface area contributed by atoms with Crippen molar-refractivity contribution in [1.82, 2.24) is 15.1 Å². The molecule has 2 rings (SSSR count). The number of alkyl halides is 3. The van der Waals surface area contributed by atoms with Gasteiger partial charge < -0.3 is 10.1 Å². The minimum atomic E-state index is -4.36. The average Bonchev–Trinajstić information content (AvgIpc) is 2.95. The molecular weight excluding hydrogens is 247 g/mol. The van der Waals surface area contributed by atoms with Gasteiger partial charge in [-0.2, -0.15) is 18.3 Å². The number of hydrogen-bond donors (Lipinski definition) is 1. The molecule has 7 heteroatoms. The van der Waals surface area contributed by atoms with Gasteiger partial charge in [-0.25, -0.2) is 0 Å². The largest absolute Gasteiger partial charge is 0.435 e. The molecule has 0 saturated carbocycles. The third-order valence-electron chi connectivity index (χ3n) is 2.84. The van der Waals surface area contributed by atoms with E-state index < -0.39 is 11.9 Å². The van der Waals surface area contributed by atoms with E-state index in [0.717, 1.165) is 32.1 Å². The van der Waals surface area contributed by atoms with Gasteiger partial charge >= 0.3 is 6.18 Å². The highest BCUT2D eigenvalue weighted by Crippen LogP contribution is 2.27. The molecule has 0 spiro atoms. The fourth-order valence-corrected chi connectivity index (χ4v) is 1.90. The summed E-state index contributed by atoms with van der Waals surface area (Å²) in [4.78, 5) is 0. The number of nitrogens with zero attached hydrogens (tertiary/aromatic N) is 2. The first-order valence-corrected chi connectivity index (χ1v) is 5.98. The Morgan fingerprint density at radius 3 is 2.94 bits per heavy atom. The minimum Gasteiger partial charge on any atom is -0.377 e. The second kappa shape index (κ2) is 5.71. The summed E-state index contributed by atoms with van der Waals surface area (Å²) < 4.78 is 43.6. The van der Waals surface area contributed by atoms with Gasteiger partial charge in [-0.1, -0.05) is 0 Å². The molecule has 18 heavy (non-hydrogen) atoms. The smallest absolute Gasteiger partial charge is 0.377 e. The maximum absolute atomic E-state index is 12.3. The topological polar surface area (TPSA) is 39.1 Å². The van der Waals surface area contributed by atoms with Gasteiger partial charge in [-0.15, -0.1) is 0 Å². The third-order valence-corrected chi connectivity index (χ3v) is 2.84. The lowest BCUT2D eigenvalue weighted by atomic mass is 10.2. The van der Waals surface area contributed by atoms with Crippen molar-refractivity contribution in [2.75, 3.05) is 19.7 Å². The monoisotopic (exact) mass is 263 g/mol. The normalized spacial score (nSPS) is 20.5. The fraction of sp³-hybridized carbons (Fsp3) is 0.727. The van der Waals surface area contributed by atoms with Gasteiger partial charge in [0.2, 0.25) is 0 Å². The van der Waals surface area contributed by atoms with Crippen LogP contribution in [0, 0.1) is 0 Å². The molecule has 4 nitrogen and oxygen atoms in total. The van der Waals surface area contributed by atoms with Crippen LogP contribution in [0.3, 0.4) is 0 Å². The number of halogens is 3. The van der Waals surface area contributed by atoms with Crippen molar-refractivity contribution in [2.24, 2.45) is 0 Å². The molecule has 1 aliphatic heterocycles. The van der Waals surface area contributed by atoms with Gasteiger partial charge in [0.25, 0.3) is 0 Å². The van der Waals surface area contributed by atoms with Crippen LogP contribution in [0.25, 0.3) is 0 Å². The zero-order chi connectivity index (χ0) is 13.0. The standard InChI is InChI=1S/C11H16F3N3O/c12-11(13,14)10-3-5-17(16-10)6-4-15-8-9-2-1-7-18-9/h3,5,9,15H,1-2,4,6-8H2. The number of hydrogen-bond acceptors (Lipinski definition) is 3. The third kappa shape index (κ3) is 3.71. The second-order valence-corrected chi connectivity index (χ2v) is 4.30. The van der Waals surface area contributed by atoms with Gasteiger partial charge in [0.15, 0.2) is 5.69 Å². The zero-order valence-electron chi connectivity index (χ0n) is 9.91. The first-order valence-electron chi connectivity index (χ1n) is 5.98. The molecule has 1 fully saturated rings. The molecule has 2 heterocycles. The highest BCUT2D eigenvalue weighted by Gasteiger charge is 2.33. The molecule has 1 aromatic heterocycles. The van der Waals surface area contributed by atoms with Crippen LogP contribution in [0.1, 0.15) is 18.5 Å². The predicted molar refractivity (Wildman–Crippen MR) is 59.1 cm³/mol. The number of nitrogens with one attached hydrogen (secondary N) is 1. The first kappa shape index (κ1) is 13.4. The molecule has 1 saturated heterocycles. The van der Waals surface area contributed by atoms with E-state index in [4.69, 9.17) is 4.74 Å². The van der Waals surface area contributed by atoms with E-state index >= 15 is 0 Å². The van der Waals surface area contributed by atoms with Crippen molar-refractivity contribution >= 4 is 0 Å². The summed E-state index contributed by atoms with van der Waals surface area (Å²) in [6, 6.07) is 0.986. The Bertz CT molecular complexity index is 372.